The molecule has 0 unspecified atom stereocenters. The Hall–Kier alpha value is -3.12. The molecule has 1 aromatic carbocycles. The first-order chi connectivity index (χ1) is 14.7. The second-order valence-corrected chi connectivity index (χ2v) is 8.02. The first kappa shape index (κ1) is 18.9. The third kappa shape index (κ3) is 3.96. The molecule has 0 amide bonds. The molecule has 1 aliphatic carbocycles. The second kappa shape index (κ2) is 7.95. The molecule has 3 heterocycles. The van der Waals surface area contributed by atoms with Crippen molar-refractivity contribution in [2.75, 3.05) is 13.7 Å². The number of methoxy groups -OCH3 is 1. The minimum Gasteiger partial charge on any atom is -0.465 e. The second-order valence-electron chi connectivity index (χ2n) is 8.02. The summed E-state index contributed by atoms with van der Waals surface area (Å²) in [5.41, 5.74) is 5.74. The molecule has 0 N–H and O–H groups in total. The molecule has 6 nitrogen and oxygen atoms in total. The SMILES string of the molecule is COC(=O)c1cccc(-c2cccc(CN3CCc4nc(C5CC5)ncc4C3)n2)c1. The third-order valence-corrected chi connectivity index (χ3v) is 5.75. The molecular weight excluding hydrogens is 376 g/mol. The maximum atomic E-state index is 11.8. The van der Waals surface area contributed by atoms with Gasteiger partial charge >= 0.3 is 5.97 Å². The largest absolute Gasteiger partial charge is 0.465 e. The van der Waals surface area contributed by atoms with E-state index in [1.54, 1.807) is 6.07 Å². The third-order valence-electron chi connectivity index (χ3n) is 5.75. The molecule has 2 aromatic heterocycles. The highest BCUT2D eigenvalue weighted by molar-refractivity contribution is 5.90. The van der Waals surface area contributed by atoms with Gasteiger partial charge in [-0.15, -0.1) is 0 Å². The van der Waals surface area contributed by atoms with Gasteiger partial charge in [-0.1, -0.05) is 18.2 Å². The topological polar surface area (TPSA) is 68.2 Å². The van der Waals surface area contributed by atoms with Crippen LogP contribution < -0.4 is 0 Å². The van der Waals surface area contributed by atoms with Crippen molar-refractivity contribution in [1.29, 1.82) is 0 Å². The number of nitrogens with zero attached hydrogens (tertiary/aromatic N) is 4. The zero-order valence-electron chi connectivity index (χ0n) is 17.0. The molecule has 0 bridgehead atoms. The number of esters is 1. The highest BCUT2D eigenvalue weighted by Gasteiger charge is 2.28. The highest BCUT2D eigenvalue weighted by atomic mass is 16.5. The summed E-state index contributed by atoms with van der Waals surface area (Å²) >= 11 is 0. The van der Waals surface area contributed by atoms with E-state index in [2.05, 4.69) is 16.0 Å². The molecule has 30 heavy (non-hydrogen) atoms. The lowest BCUT2D eigenvalue weighted by molar-refractivity contribution is 0.0601. The fraction of sp³-hybridized carbons (Fsp3) is 0.333. The molecular formula is C24H24N4O2. The van der Waals surface area contributed by atoms with Gasteiger partial charge < -0.3 is 4.74 Å². The van der Waals surface area contributed by atoms with Crippen molar-refractivity contribution in [2.45, 2.75) is 38.3 Å². The van der Waals surface area contributed by atoms with Crippen LogP contribution in [0.1, 0.15) is 51.9 Å². The molecule has 5 rings (SSSR count). The maximum absolute atomic E-state index is 11.8. The number of ether oxygens (including phenoxy) is 1. The summed E-state index contributed by atoms with van der Waals surface area (Å²) in [5, 5.41) is 0. The van der Waals surface area contributed by atoms with Crippen molar-refractivity contribution in [2.24, 2.45) is 0 Å². The van der Waals surface area contributed by atoms with Gasteiger partial charge in [0.05, 0.1) is 24.1 Å². The summed E-state index contributed by atoms with van der Waals surface area (Å²) in [7, 11) is 1.39. The number of carbonyl (C=O) groups is 1. The van der Waals surface area contributed by atoms with E-state index < -0.39 is 0 Å². The number of rotatable bonds is 5. The van der Waals surface area contributed by atoms with E-state index in [0.717, 1.165) is 48.8 Å². The fourth-order valence-electron chi connectivity index (χ4n) is 3.94. The Labute approximate surface area is 176 Å². The van der Waals surface area contributed by atoms with E-state index in [-0.39, 0.29) is 5.97 Å². The fourth-order valence-corrected chi connectivity index (χ4v) is 3.94. The maximum Gasteiger partial charge on any atom is 0.337 e. The van der Waals surface area contributed by atoms with Crippen LogP contribution in [-0.4, -0.2) is 39.5 Å². The van der Waals surface area contributed by atoms with Gasteiger partial charge in [0.2, 0.25) is 0 Å². The number of carbonyl (C=O) groups excluding carboxylic acids is 1. The lowest BCUT2D eigenvalue weighted by Crippen LogP contribution is -2.31. The average molecular weight is 400 g/mol. The van der Waals surface area contributed by atoms with Crippen molar-refractivity contribution in [3.05, 3.63) is 77.0 Å². The predicted molar refractivity (Wildman–Crippen MR) is 113 cm³/mol. The summed E-state index contributed by atoms with van der Waals surface area (Å²) in [6.07, 6.45) is 5.44. The van der Waals surface area contributed by atoms with Crippen LogP contribution in [0.15, 0.2) is 48.7 Å². The molecule has 0 spiro atoms. The highest BCUT2D eigenvalue weighted by Crippen LogP contribution is 2.38. The van der Waals surface area contributed by atoms with Gasteiger partial charge in [0, 0.05) is 55.0 Å². The Kier molecular flexibility index (Phi) is 5.01. The molecule has 3 aromatic rings. The minimum atomic E-state index is -0.341. The van der Waals surface area contributed by atoms with E-state index in [0.29, 0.717) is 11.5 Å². The molecule has 152 valence electrons. The number of pyridine rings is 1. The van der Waals surface area contributed by atoms with Crippen molar-refractivity contribution < 1.29 is 9.53 Å². The standard InChI is InChI=1S/C24H24N4O2/c1-30-24(29)18-5-2-4-17(12-18)21-7-3-6-20(26-21)15-28-11-10-22-19(14-28)13-25-23(27-22)16-8-9-16/h2-7,12-13,16H,8-11,14-15H2,1H3. The Morgan fingerprint density at radius 1 is 1.17 bits per heavy atom. The summed E-state index contributed by atoms with van der Waals surface area (Å²) in [6, 6.07) is 13.4. The Bertz CT molecular complexity index is 1090. The smallest absolute Gasteiger partial charge is 0.337 e. The van der Waals surface area contributed by atoms with E-state index in [4.69, 9.17) is 14.7 Å². The number of benzene rings is 1. The van der Waals surface area contributed by atoms with Crippen LogP contribution in [0.5, 0.6) is 0 Å². The average Bonchev–Trinajstić information content (AvgIpc) is 3.64. The van der Waals surface area contributed by atoms with Gasteiger partial charge in [-0.05, 0) is 37.1 Å². The number of hydrogen-bond acceptors (Lipinski definition) is 6. The van der Waals surface area contributed by atoms with Crippen molar-refractivity contribution in [3.63, 3.8) is 0 Å². The van der Waals surface area contributed by atoms with Gasteiger partial charge in [-0.3, -0.25) is 9.88 Å². The molecule has 0 radical (unpaired) electrons. The minimum absolute atomic E-state index is 0.341. The zero-order chi connectivity index (χ0) is 20.5. The van der Waals surface area contributed by atoms with Crippen molar-refractivity contribution in [1.82, 2.24) is 19.9 Å². The van der Waals surface area contributed by atoms with Crippen LogP contribution in [0.4, 0.5) is 0 Å². The van der Waals surface area contributed by atoms with Gasteiger partial charge in [0.15, 0.2) is 0 Å². The van der Waals surface area contributed by atoms with Crippen LogP contribution in [0.3, 0.4) is 0 Å². The van der Waals surface area contributed by atoms with Crippen LogP contribution in [0.25, 0.3) is 11.3 Å². The first-order valence-corrected chi connectivity index (χ1v) is 10.4. The van der Waals surface area contributed by atoms with Crippen LogP contribution in [-0.2, 0) is 24.2 Å². The van der Waals surface area contributed by atoms with Crippen LogP contribution >= 0.6 is 0 Å². The number of hydrogen-bond donors (Lipinski definition) is 0. The summed E-state index contributed by atoms with van der Waals surface area (Å²) in [4.78, 5) is 28.5. The first-order valence-electron chi connectivity index (χ1n) is 10.4. The Morgan fingerprint density at radius 3 is 2.87 bits per heavy atom. The van der Waals surface area contributed by atoms with Gasteiger partial charge in [0.1, 0.15) is 5.82 Å². The van der Waals surface area contributed by atoms with Crippen molar-refractivity contribution in [3.8, 4) is 11.3 Å². The normalized spacial score (nSPS) is 16.2. The monoisotopic (exact) mass is 400 g/mol. The molecule has 2 aliphatic rings. The van der Waals surface area contributed by atoms with E-state index >= 15 is 0 Å². The predicted octanol–water partition coefficient (Wildman–Crippen LogP) is 3.76. The summed E-state index contributed by atoms with van der Waals surface area (Å²) in [6.45, 7) is 2.59. The molecule has 6 heteroatoms. The van der Waals surface area contributed by atoms with Crippen LogP contribution in [0.2, 0.25) is 0 Å². The molecule has 1 saturated carbocycles. The van der Waals surface area contributed by atoms with E-state index in [1.165, 1.54) is 31.2 Å². The van der Waals surface area contributed by atoms with E-state index in [1.807, 2.05) is 36.5 Å². The Morgan fingerprint density at radius 2 is 2.03 bits per heavy atom. The van der Waals surface area contributed by atoms with Crippen molar-refractivity contribution >= 4 is 5.97 Å². The Balaban J connectivity index is 1.31. The summed E-state index contributed by atoms with van der Waals surface area (Å²) < 4.78 is 4.83. The molecule has 1 fully saturated rings. The zero-order valence-corrected chi connectivity index (χ0v) is 17.0. The van der Waals surface area contributed by atoms with Crippen LogP contribution in [0, 0.1) is 0 Å². The van der Waals surface area contributed by atoms with Gasteiger partial charge in [-0.2, -0.15) is 0 Å². The van der Waals surface area contributed by atoms with Gasteiger partial charge in [0.25, 0.3) is 0 Å². The lowest BCUT2D eigenvalue weighted by Gasteiger charge is -2.27. The number of aromatic nitrogens is 3. The quantitative estimate of drug-likeness (QED) is 0.608. The van der Waals surface area contributed by atoms with Gasteiger partial charge in [-0.25, -0.2) is 14.8 Å². The summed E-state index contributed by atoms with van der Waals surface area (Å²) in [5.74, 6) is 1.29. The van der Waals surface area contributed by atoms with E-state index in [9.17, 15) is 4.79 Å². The molecule has 1 aliphatic heterocycles. The lowest BCUT2D eigenvalue weighted by atomic mass is 10.1. The molecule has 0 saturated heterocycles. The molecule has 0 atom stereocenters. The number of fused-ring (bicyclic) bond motifs is 1.